The van der Waals surface area contributed by atoms with E-state index >= 15 is 0 Å². The van der Waals surface area contributed by atoms with Crippen LogP contribution >= 0.6 is 0 Å². The van der Waals surface area contributed by atoms with E-state index in [0.717, 1.165) is 48.7 Å². The molecule has 202 valence electrons. The molecule has 0 spiro atoms. The number of aryl methyl sites for hydroxylation is 1. The summed E-state index contributed by atoms with van der Waals surface area (Å²) >= 11 is 0. The van der Waals surface area contributed by atoms with Crippen molar-refractivity contribution in [1.82, 2.24) is 24.5 Å². The number of rotatable bonds is 11. The number of hydrogen-bond donors (Lipinski definition) is 1. The fourth-order valence-corrected chi connectivity index (χ4v) is 4.88. The van der Waals surface area contributed by atoms with Gasteiger partial charge in [-0.3, -0.25) is 14.3 Å². The van der Waals surface area contributed by atoms with Crippen LogP contribution < -0.4 is 10.1 Å². The minimum Gasteiger partial charge on any atom is -0.497 e. The molecule has 2 aromatic heterocycles. The Balaban J connectivity index is 1.19. The molecular formula is C30H34N6O3. The maximum Gasteiger partial charge on any atom is 0.228 e. The number of hydrogen-bond acceptors (Lipinski definition) is 6. The molecule has 9 nitrogen and oxygen atoms in total. The molecule has 0 saturated carbocycles. The first-order valence-corrected chi connectivity index (χ1v) is 13.3. The average Bonchev–Trinajstić information content (AvgIpc) is 3.70. The largest absolute Gasteiger partial charge is 0.497 e. The van der Waals surface area contributed by atoms with E-state index in [1.54, 1.807) is 24.1 Å². The summed E-state index contributed by atoms with van der Waals surface area (Å²) in [6.07, 6.45) is 8.50. The molecular weight excluding hydrogens is 492 g/mol. The van der Waals surface area contributed by atoms with Gasteiger partial charge in [0.15, 0.2) is 5.78 Å². The number of Topliss-reactive ketones (excluding diaryl/α,β-unsaturated/α-hetero) is 1. The lowest BCUT2D eigenvalue weighted by atomic mass is 10.0. The number of ketones is 1. The molecule has 0 bridgehead atoms. The van der Waals surface area contributed by atoms with Crippen LogP contribution in [0.4, 0.5) is 5.69 Å². The lowest BCUT2D eigenvalue weighted by Crippen LogP contribution is -2.24. The summed E-state index contributed by atoms with van der Waals surface area (Å²) in [5.41, 5.74) is 4.66. The third-order valence-corrected chi connectivity index (χ3v) is 7.03. The van der Waals surface area contributed by atoms with Crippen LogP contribution in [-0.4, -0.2) is 62.9 Å². The third kappa shape index (κ3) is 6.80. The second-order valence-electron chi connectivity index (χ2n) is 9.95. The van der Waals surface area contributed by atoms with E-state index in [0.29, 0.717) is 23.4 Å². The third-order valence-electron chi connectivity index (χ3n) is 7.03. The van der Waals surface area contributed by atoms with Gasteiger partial charge in [-0.1, -0.05) is 18.2 Å². The van der Waals surface area contributed by atoms with Crippen LogP contribution in [0.15, 0.2) is 67.1 Å². The molecule has 39 heavy (non-hydrogen) atoms. The Morgan fingerprint density at radius 3 is 2.64 bits per heavy atom. The standard InChI is InChI=1S/C30H34N6O3/c1-22-25(21-35(33-22)14-13-34-11-3-4-12-34)17-29(37)24-7-5-9-27(16-24)36-20-23(19-31-36)15-30(38)32-26-8-6-10-28(18-26)39-2/h5-10,16,18-21H,3-4,11-15,17H2,1-2H3,(H,32,38). The molecule has 4 aromatic rings. The molecule has 3 heterocycles. The minimum atomic E-state index is -0.150. The van der Waals surface area contributed by atoms with E-state index in [-0.39, 0.29) is 18.1 Å². The van der Waals surface area contributed by atoms with E-state index in [1.165, 1.54) is 12.8 Å². The van der Waals surface area contributed by atoms with Crippen LogP contribution in [0.25, 0.3) is 5.69 Å². The molecule has 2 aromatic carbocycles. The molecule has 1 fully saturated rings. The number of carbonyl (C=O) groups excluding carboxylic acids is 2. The Hall–Kier alpha value is -4.24. The minimum absolute atomic E-state index is 0.0316. The Bertz CT molecular complexity index is 1450. The van der Waals surface area contributed by atoms with Gasteiger partial charge in [-0.05, 0) is 62.7 Å². The molecule has 0 atom stereocenters. The first-order valence-electron chi connectivity index (χ1n) is 13.3. The number of amides is 1. The van der Waals surface area contributed by atoms with Crippen molar-refractivity contribution in [2.75, 3.05) is 32.1 Å². The summed E-state index contributed by atoms with van der Waals surface area (Å²) in [6.45, 7) is 6.11. The van der Waals surface area contributed by atoms with Crippen molar-refractivity contribution in [1.29, 1.82) is 0 Å². The molecule has 1 saturated heterocycles. The topological polar surface area (TPSA) is 94.3 Å². The van der Waals surface area contributed by atoms with E-state index in [1.807, 2.05) is 66.5 Å². The van der Waals surface area contributed by atoms with Crippen LogP contribution in [0.2, 0.25) is 0 Å². The molecule has 5 rings (SSSR count). The summed E-state index contributed by atoms with van der Waals surface area (Å²) in [4.78, 5) is 28.2. The summed E-state index contributed by atoms with van der Waals surface area (Å²) < 4.78 is 8.85. The summed E-state index contributed by atoms with van der Waals surface area (Å²) in [5, 5.41) is 11.9. The molecule has 9 heteroatoms. The van der Waals surface area contributed by atoms with Gasteiger partial charge in [0.25, 0.3) is 0 Å². The van der Waals surface area contributed by atoms with Crippen LogP contribution in [0, 0.1) is 6.92 Å². The Morgan fingerprint density at radius 2 is 1.82 bits per heavy atom. The van der Waals surface area contributed by atoms with Gasteiger partial charge in [0.2, 0.25) is 5.91 Å². The molecule has 0 unspecified atom stereocenters. The highest BCUT2D eigenvalue weighted by molar-refractivity contribution is 5.98. The molecule has 1 aliphatic rings. The normalized spacial score (nSPS) is 13.5. The zero-order valence-corrected chi connectivity index (χ0v) is 22.5. The molecule has 1 amide bonds. The van der Waals surface area contributed by atoms with Gasteiger partial charge in [-0.15, -0.1) is 0 Å². The number of likely N-dealkylation sites (tertiary alicyclic amines) is 1. The predicted molar refractivity (Wildman–Crippen MR) is 150 cm³/mol. The van der Waals surface area contributed by atoms with Crippen molar-refractivity contribution in [3.63, 3.8) is 0 Å². The number of methoxy groups -OCH3 is 1. The van der Waals surface area contributed by atoms with E-state index in [4.69, 9.17) is 4.74 Å². The van der Waals surface area contributed by atoms with Crippen LogP contribution in [0.5, 0.6) is 5.75 Å². The second kappa shape index (κ2) is 12.1. The van der Waals surface area contributed by atoms with Crippen molar-refractivity contribution in [2.24, 2.45) is 0 Å². The summed E-state index contributed by atoms with van der Waals surface area (Å²) in [7, 11) is 1.59. The Morgan fingerprint density at radius 1 is 1.00 bits per heavy atom. The SMILES string of the molecule is COc1cccc(NC(=O)Cc2cnn(-c3cccc(C(=O)Cc4cn(CCN5CCCC5)nc4C)c3)c2)c1. The Labute approximate surface area is 228 Å². The first kappa shape index (κ1) is 26.4. The van der Waals surface area contributed by atoms with Crippen LogP contribution in [0.1, 0.15) is 40.0 Å². The lowest BCUT2D eigenvalue weighted by molar-refractivity contribution is -0.115. The van der Waals surface area contributed by atoms with Gasteiger partial charge >= 0.3 is 0 Å². The zero-order chi connectivity index (χ0) is 27.2. The van der Waals surface area contributed by atoms with Gasteiger partial charge in [-0.25, -0.2) is 4.68 Å². The molecule has 0 radical (unpaired) electrons. The van der Waals surface area contributed by atoms with Crippen LogP contribution in [0.3, 0.4) is 0 Å². The van der Waals surface area contributed by atoms with Crippen molar-refractivity contribution >= 4 is 17.4 Å². The van der Waals surface area contributed by atoms with E-state index in [9.17, 15) is 9.59 Å². The number of aromatic nitrogens is 4. The van der Waals surface area contributed by atoms with Crippen LogP contribution in [-0.2, 0) is 24.2 Å². The van der Waals surface area contributed by atoms with Gasteiger partial charge in [0.05, 0.1) is 37.7 Å². The number of anilines is 1. The zero-order valence-electron chi connectivity index (χ0n) is 22.5. The molecule has 0 aliphatic carbocycles. The number of nitrogens with one attached hydrogen (secondary N) is 1. The van der Waals surface area contributed by atoms with Gasteiger partial charge < -0.3 is 15.0 Å². The van der Waals surface area contributed by atoms with E-state index in [2.05, 4.69) is 20.4 Å². The highest BCUT2D eigenvalue weighted by atomic mass is 16.5. The van der Waals surface area contributed by atoms with Crippen molar-refractivity contribution in [3.8, 4) is 11.4 Å². The predicted octanol–water partition coefficient (Wildman–Crippen LogP) is 4.09. The number of benzene rings is 2. The number of ether oxygens (including phenoxy) is 1. The fourth-order valence-electron chi connectivity index (χ4n) is 4.88. The molecule has 1 N–H and O–H groups in total. The van der Waals surface area contributed by atoms with Crippen molar-refractivity contribution in [2.45, 2.75) is 39.2 Å². The maximum absolute atomic E-state index is 13.2. The number of carbonyl (C=O) groups is 2. The summed E-state index contributed by atoms with van der Waals surface area (Å²) in [5.74, 6) is 0.559. The number of nitrogens with zero attached hydrogens (tertiary/aromatic N) is 5. The maximum atomic E-state index is 13.2. The Kier molecular flexibility index (Phi) is 8.17. The van der Waals surface area contributed by atoms with E-state index < -0.39 is 0 Å². The highest BCUT2D eigenvalue weighted by Crippen LogP contribution is 2.18. The molecule has 1 aliphatic heterocycles. The monoisotopic (exact) mass is 526 g/mol. The fraction of sp³-hybridized carbons (Fsp3) is 0.333. The average molecular weight is 527 g/mol. The van der Waals surface area contributed by atoms with Gasteiger partial charge in [-0.2, -0.15) is 10.2 Å². The quantitative estimate of drug-likeness (QED) is 0.296. The first-order chi connectivity index (χ1) is 19.0. The highest BCUT2D eigenvalue weighted by Gasteiger charge is 2.15. The van der Waals surface area contributed by atoms with Gasteiger partial charge in [0.1, 0.15) is 5.75 Å². The summed E-state index contributed by atoms with van der Waals surface area (Å²) in [6, 6.07) is 14.6. The van der Waals surface area contributed by atoms with Gasteiger partial charge in [0, 0.05) is 48.2 Å². The smallest absolute Gasteiger partial charge is 0.228 e. The second-order valence-corrected chi connectivity index (χ2v) is 9.95. The lowest BCUT2D eigenvalue weighted by Gasteiger charge is -2.13. The van der Waals surface area contributed by atoms with Crippen molar-refractivity contribution < 1.29 is 14.3 Å². The van der Waals surface area contributed by atoms with Crippen molar-refractivity contribution in [3.05, 3.63) is 89.5 Å².